The molecule has 0 fully saturated rings. The summed E-state index contributed by atoms with van der Waals surface area (Å²) < 4.78 is 56.9. The second-order valence-corrected chi connectivity index (χ2v) is 9.59. The number of aliphatic hydroxyl groups excluding tert-OH is 1. The molecule has 0 spiro atoms. The number of carbonyl (C=O) groups excluding carboxylic acids is 2. The van der Waals surface area contributed by atoms with Gasteiger partial charge in [0.2, 0.25) is 0 Å². The van der Waals surface area contributed by atoms with Gasteiger partial charge in [-0.1, -0.05) is 11.6 Å². The monoisotopic (exact) mass is 550 g/mol. The lowest BCUT2D eigenvalue weighted by Gasteiger charge is -2.33. The van der Waals surface area contributed by atoms with Crippen molar-refractivity contribution in [1.82, 2.24) is 0 Å². The number of aliphatic hydroxyl groups is 2. The first kappa shape index (κ1) is 27.6. The summed E-state index contributed by atoms with van der Waals surface area (Å²) in [6.07, 6.45) is -0.928. The number of amides is 2. The third-order valence-corrected chi connectivity index (χ3v) is 6.89. The molecule has 1 aliphatic heterocycles. The van der Waals surface area contributed by atoms with E-state index in [0.717, 1.165) is 23.1 Å². The van der Waals surface area contributed by atoms with Gasteiger partial charge in [-0.2, -0.15) is 0 Å². The van der Waals surface area contributed by atoms with Gasteiger partial charge in [-0.15, -0.1) is 0 Å². The predicted molar refractivity (Wildman–Crippen MR) is 134 cm³/mol. The van der Waals surface area contributed by atoms with E-state index in [1.807, 2.05) is 0 Å². The Balaban J connectivity index is 1.66. The minimum Gasteiger partial charge on any atom is -0.393 e. The summed E-state index contributed by atoms with van der Waals surface area (Å²) in [5, 5.41) is 23.1. The van der Waals surface area contributed by atoms with Gasteiger partial charge in [0.25, 0.3) is 17.7 Å². The lowest BCUT2D eigenvalue weighted by atomic mass is 9.86. The van der Waals surface area contributed by atoms with Crippen molar-refractivity contribution >= 4 is 34.8 Å². The van der Waals surface area contributed by atoms with Crippen molar-refractivity contribution in [3.8, 4) is 0 Å². The van der Waals surface area contributed by atoms with E-state index in [0.29, 0.717) is 11.3 Å². The Hall–Kier alpha value is -3.47. The Labute approximate surface area is 220 Å². The van der Waals surface area contributed by atoms with Crippen LogP contribution in [0.3, 0.4) is 0 Å². The lowest BCUT2D eigenvalue weighted by molar-refractivity contribution is -0.205. The summed E-state index contributed by atoms with van der Waals surface area (Å²) in [5.74, 6) is -7.36. The maximum atomic E-state index is 14.9. The minimum atomic E-state index is -3.77. The first-order valence-corrected chi connectivity index (χ1v) is 11.9. The first-order valence-electron chi connectivity index (χ1n) is 11.5. The molecule has 1 aliphatic rings. The van der Waals surface area contributed by atoms with E-state index < -0.39 is 54.5 Å². The molecule has 6 nitrogen and oxygen atoms in total. The molecule has 38 heavy (non-hydrogen) atoms. The van der Waals surface area contributed by atoms with E-state index in [2.05, 4.69) is 5.32 Å². The molecular weight excluding hydrogens is 528 g/mol. The second-order valence-electron chi connectivity index (χ2n) is 9.16. The van der Waals surface area contributed by atoms with Crippen LogP contribution in [-0.2, 0) is 5.60 Å². The van der Waals surface area contributed by atoms with Crippen molar-refractivity contribution in [1.29, 1.82) is 0 Å². The van der Waals surface area contributed by atoms with Gasteiger partial charge in [0.15, 0.2) is 17.2 Å². The van der Waals surface area contributed by atoms with Gasteiger partial charge in [-0.05, 0) is 73.5 Å². The number of benzene rings is 3. The average Bonchev–Trinajstić information content (AvgIpc) is 2.94. The van der Waals surface area contributed by atoms with E-state index >= 15 is 0 Å². The van der Waals surface area contributed by atoms with Crippen LogP contribution < -0.4 is 10.2 Å². The molecule has 0 radical (unpaired) electrons. The SMILES string of the molecule is Cc1cc(C(=O)N2CCC(F)(F)[C@](O)(CO)c3cc(Cl)ccc32)ccc1NC(=O)c1cc(F)c(F)cc1C. The normalized spacial score (nSPS) is 18.5. The number of aryl methyl sites for hydroxylation is 2. The Morgan fingerprint density at radius 3 is 2.37 bits per heavy atom. The van der Waals surface area contributed by atoms with Crippen LogP contribution in [0.1, 0.15) is 43.8 Å². The molecule has 200 valence electrons. The largest absolute Gasteiger partial charge is 0.393 e. The number of rotatable bonds is 4. The fourth-order valence-electron chi connectivity index (χ4n) is 4.44. The highest BCUT2D eigenvalue weighted by atomic mass is 35.5. The molecule has 11 heteroatoms. The quantitative estimate of drug-likeness (QED) is 0.382. The van der Waals surface area contributed by atoms with Gasteiger partial charge in [0.1, 0.15) is 0 Å². The molecule has 1 heterocycles. The average molecular weight is 551 g/mol. The molecule has 0 aromatic heterocycles. The summed E-state index contributed by atoms with van der Waals surface area (Å²) in [7, 11) is 0. The topological polar surface area (TPSA) is 89.9 Å². The summed E-state index contributed by atoms with van der Waals surface area (Å²) in [6, 6.07) is 9.74. The molecule has 0 saturated carbocycles. The smallest absolute Gasteiger partial charge is 0.284 e. The van der Waals surface area contributed by atoms with Crippen LogP contribution in [0.15, 0.2) is 48.5 Å². The van der Waals surface area contributed by atoms with Gasteiger partial charge in [-0.3, -0.25) is 9.59 Å². The molecule has 3 aromatic rings. The predicted octanol–water partition coefficient (Wildman–Crippen LogP) is 5.35. The molecule has 2 amide bonds. The van der Waals surface area contributed by atoms with E-state index in [1.54, 1.807) is 6.92 Å². The van der Waals surface area contributed by atoms with E-state index in [4.69, 9.17) is 11.6 Å². The van der Waals surface area contributed by atoms with Gasteiger partial charge in [0, 0.05) is 40.4 Å². The number of halogens is 5. The van der Waals surface area contributed by atoms with Crippen molar-refractivity contribution < 1.29 is 37.4 Å². The summed E-state index contributed by atoms with van der Waals surface area (Å²) >= 11 is 5.99. The maximum Gasteiger partial charge on any atom is 0.284 e. The fourth-order valence-corrected chi connectivity index (χ4v) is 4.61. The molecule has 3 N–H and O–H groups in total. The fraction of sp³-hybridized carbons (Fsp3) is 0.259. The van der Waals surface area contributed by atoms with Gasteiger partial charge < -0.3 is 20.4 Å². The zero-order valence-corrected chi connectivity index (χ0v) is 21.0. The van der Waals surface area contributed by atoms with E-state index in [9.17, 15) is 37.4 Å². The Morgan fingerprint density at radius 2 is 1.71 bits per heavy atom. The number of fused-ring (bicyclic) bond motifs is 1. The van der Waals surface area contributed by atoms with Crippen LogP contribution in [0, 0.1) is 25.5 Å². The molecule has 0 aliphatic carbocycles. The Bertz CT molecular complexity index is 1450. The molecule has 0 saturated heterocycles. The Kier molecular flexibility index (Phi) is 7.26. The number of hydrogen-bond donors (Lipinski definition) is 3. The van der Waals surface area contributed by atoms with Crippen molar-refractivity contribution in [3.63, 3.8) is 0 Å². The zero-order chi connectivity index (χ0) is 28.0. The summed E-state index contributed by atoms with van der Waals surface area (Å²) in [6.45, 7) is 1.30. The van der Waals surface area contributed by atoms with E-state index in [-0.39, 0.29) is 33.0 Å². The highest BCUT2D eigenvalue weighted by molar-refractivity contribution is 6.30. The van der Waals surface area contributed by atoms with Gasteiger partial charge >= 0.3 is 0 Å². The summed E-state index contributed by atoms with van der Waals surface area (Å²) in [5.41, 5.74) is -2.38. The standard InChI is InChI=1S/C27H23ClF4N2O4/c1-14-10-20(29)21(30)12-18(14)24(36)33-22-5-3-16(9-15(22)2)25(37)34-8-7-27(31,32)26(38,13-35)19-11-17(28)4-6-23(19)34/h3-6,9-12,35,38H,7-8,13H2,1-2H3,(H,33,36)/t26-/m0/s1. The van der Waals surface area contributed by atoms with Crippen LogP contribution in [-0.4, -0.2) is 41.1 Å². The molecule has 4 rings (SSSR count). The lowest BCUT2D eigenvalue weighted by Crippen LogP contribution is -2.48. The molecule has 1 atom stereocenters. The third kappa shape index (κ3) is 4.75. The molecule has 3 aromatic carbocycles. The number of carbonyl (C=O) groups is 2. The first-order chi connectivity index (χ1) is 17.8. The number of anilines is 2. The highest BCUT2D eigenvalue weighted by Gasteiger charge is 2.56. The van der Waals surface area contributed by atoms with Gasteiger partial charge in [-0.25, -0.2) is 17.6 Å². The van der Waals surface area contributed by atoms with Crippen molar-refractivity contribution in [2.24, 2.45) is 0 Å². The van der Waals surface area contributed by atoms with E-state index in [1.165, 1.54) is 37.3 Å². The van der Waals surface area contributed by atoms with Crippen LogP contribution in [0.25, 0.3) is 0 Å². The van der Waals surface area contributed by atoms with Crippen LogP contribution in [0.5, 0.6) is 0 Å². The van der Waals surface area contributed by atoms with Crippen molar-refractivity contribution in [3.05, 3.63) is 93.0 Å². The Morgan fingerprint density at radius 1 is 1.03 bits per heavy atom. The van der Waals surface area contributed by atoms with Crippen LogP contribution in [0.2, 0.25) is 5.02 Å². The molecular formula is C27H23ClF4N2O4. The van der Waals surface area contributed by atoms with Crippen LogP contribution >= 0.6 is 11.6 Å². The van der Waals surface area contributed by atoms with Crippen molar-refractivity contribution in [2.75, 3.05) is 23.4 Å². The highest BCUT2D eigenvalue weighted by Crippen LogP contribution is 2.47. The summed E-state index contributed by atoms with van der Waals surface area (Å²) in [4.78, 5) is 27.2. The molecule has 0 unspecified atom stereocenters. The number of nitrogens with one attached hydrogen (secondary N) is 1. The van der Waals surface area contributed by atoms with Gasteiger partial charge in [0.05, 0.1) is 12.3 Å². The zero-order valence-electron chi connectivity index (χ0n) is 20.3. The van der Waals surface area contributed by atoms with Crippen LogP contribution in [0.4, 0.5) is 28.9 Å². The maximum absolute atomic E-state index is 14.9. The number of alkyl halides is 2. The third-order valence-electron chi connectivity index (χ3n) is 6.66. The second kappa shape index (κ2) is 10.0. The van der Waals surface area contributed by atoms with Crippen molar-refractivity contribution in [2.45, 2.75) is 31.8 Å². The number of nitrogens with zero attached hydrogens (tertiary/aromatic N) is 1. The minimum absolute atomic E-state index is 0.0306. The molecule has 0 bridgehead atoms. The number of hydrogen-bond acceptors (Lipinski definition) is 4.